The molecule has 0 aromatic heterocycles. The molecule has 0 aromatic carbocycles. The van der Waals surface area contributed by atoms with Gasteiger partial charge in [-0.05, 0) is 19.9 Å². The van der Waals surface area contributed by atoms with Crippen LogP contribution in [0.1, 0.15) is 13.3 Å². The Morgan fingerprint density at radius 2 is 1.95 bits per heavy atom. The van der Waals surface area contributed by atoms with Crippen molar-refractivity contribution in [3.63, 3.8) is 0 Å². The van der Waals surface area contributed by atoms with Crippen molar-refractivity contribution in [1.82, 2.24) is 15.1 Å². The topological polar surface area (TPSA) is 44.8 Å². The van der Waals surface area contributed by atoms with Crippen LogP contribution in [0.25, 0.3) is 0 Å². The molecular weight excluding hydrogens is 301 g/mol. The van der Waals surface area contributed by atoms with Gasteiger partial charge in [0.1, 0.15) is 0 Å². The van der Waals surface area contributed by atoms with Gasteiger partial charge in [0.25, 0.3) is 0 Å². The molecule has 0 spiro atoms. The van der Waals surface area contributed by atoms with Crippen LogP contribution in [0, 0.1) is 5.92 Å². The van der Waals surface area contributed by atoms with Crippen molar-refractivity contribution < 1.29 is 9.53 Å². The molecule has 1 atom stereocenters. The van der Waals surface area contributed by atoms with Crippen LogP contribution in [-0.2, 0) is 9.53 Å². The highest BCUT2D eigenvalue weighted by Crippen LogP contribution is 2.13. The van der Waals surface area contributed by atoms with E-state index in [2.05, 4.69) is 10.2 Å². The zero-order valence-electron chi connectivity index (χ0n) is 12.2. The molecule has 7 heteroatoms. The summed E-state index contributed by atoms with van der Waals surface area (Å²) in [5, 5.41) is 3.26. The number of nitrogens with zero attached hydrogens (tertiary/aromatic N) is 2. The summed E-state index contributed by atoms with van der Waals surface area (Å²) in [5.41, 5.74) is 0. The fraction of sp³-hybridized carbons (Fsp3) is 0.923. The van der Waals surface area contributed by atoms with Gasteiger partial charge < -0.3 is 15.0 Å². The summed E-state index contributed by atoms with van der Waals surface area (Å²) >= 11 is 0. The lowest BCUT2D eigenvalue weighted by molar-refractivity contribution is -0.136. The molecule has 2 fully saturated rings. The van der Waals surface area contributed by atoms with Gasteiger partial charge in [-0.25, -0.2) is 0 Å². The molecular formula is C13H27Cl2N3O2. The Balaban J connectivity index is 0.00000180. The molecule has 20 heavy (non-hydrogen) atoms. The minimum absolute atomic E-state index is 0. The van der Waals surface area contributed by atoms with E-state index < -0.39 is 0 Å². The standard InChI is InChI=1S/C13H25N3O2.2ClH/c1-2-18-10-9-15-5-7-16(8-6-15)13(17)12-3-4-14-11-12;;/h12,14H,2-11H2,1H3;2*1H. The third-order valence-corrected chi connectivity index (χ3v) is 3.85. The second-order valence-corrected chi connectivity index (χ2v) is 5.05. The van der Waals surface area contributed by atoms with Gasteiger partial charge >= 0.3 is 0 Å². The van der Waals surface area contributed by atoms with Gasteiger partial charge in [-0.3, -0.25) is 9.69 Å². The average Bonchev–Trinajstić information content (AvgIpc) is 2.93. The maximum absolute atomic E-state index is 12.2. The second kappa shape index (κ2) is 10.6. The Morgan fingerprint density at radius 3 is 2.50 bits per heavy atom. The molecule has 0 bridgehead atoms. The van der Waals surface area contributed by atoms with Gasteiger partial charge in [0.2, 0.25) is 5.91 Å². The van der Waals surface area contributed by atoms with E-state index in [1.54, 1.807) is 0 Å². The summed E-state index contributed by atoms with van der Waals surface area (Å²) in [6.45, 7) is 10.2. The number of amides is 1. The molecule has 0 aromatic rings. The third kappa shape index (κ3) is 5.74. The Kier molecular flexibility index (Phi) is 10.6. The lowest BCUT2D eigenvalue weighted by atomic mass is 10.1. The van der Waals surface area contributed by atoms with Gasteiger partial charge in [0.05, 0.1) is 12.5 Å². The summed E-state index contributed by atoms with van der Waals surface area (Å²) in [4.78, 5) is 16.6. The van der Waals surface area contributed by atoms with Crippen LogP contribution in [0.2, 0.25) is 0 Å². The van der Waals surface area contributed by atoms with Crippen molar-refractivity contribution in [1.29, 1.82) is 0 Å². The Labute approximate surface area is 134 Å². The van der Waals surface area contributed by atoms with E-state index in [1.165, 1.54) is 0 Å². The quantitative estimate of drug-likeness (QED) is 0.752. The smallest absolute Gasteiger partial charge is 0.227 e. The number of hydrogen-bond donors (Lipinski definition) is 1. The van der Waals surface area contributed by atoms with Crippen molar-refractivity contribution in [2.45, 2.75) is 13.3 Å². The maximum Gasteiger partial charge on any atom is 0.227 e. The summed E-state index contributed by atoms with van der Waals surface area (Å²) in [6.07, 6.45) is 1.00. The number of piperazine rings is 1. The summed E-state index contributed by atoms with van der Waals surface area (Å²) < 4.78 is 5.36. The van der Waals surface area contributed by atoms with Crippen molar-refractivity contribution in [3.8, 4) is 0 Å². The van der Waals surface area contributed by atoms with Crippen LogP contribution >= 0.6 is 24.8 Å². The molecule has 2 rings (SSSR count). The first kappa shape index (κ1) is 19.9. The van der Waals surface area contributed by atoms with Gasteiger partial charge in [-0.1, -0.05) is 0 Å². The summed E-state index contributed by atoms with van der Waals surface area (Å²) in [6, 6.07) is 0. The van der Waals surface area contributed by atoms with Crippen LogP contribution in [0.15, 0.2) is 0 Å². The van der Waals surface area contributed by atoms with E-state index in [0.717, 1.165) is 65.4 Å². The first-order valence-corrected chi connectivity index (χ1v) is 7.11. The van der Waals surface area contributed by atoms with E-state index in [-0.39, 0.29) is 30.7 Å². The Bertz CT molecular complexity index is 268. The van der Waals surface area contributed by atoms with Crippen LogP contribution in [-0.4, -0.2) is 74.7 Å². The number of ether oxygens (including phenoxy) is 1. The average molecular weight is 328 g/mol. The first-order chi connectivity index (χ1) is 8.81. The van der Waals surface area contributed by atoms with Crippen molar-refractivity contribution in [2.75, 3.05) is 59.0 Å². The van der Waals surface area contributed by atoms with E-state index in [0.29, 0.717) is 5.91 Å². The molecule has 2 aliphatic heterocycles. The lowest BCUT2D eigenvalue weighted by Gasteiger charge is -2.35. The van der Waals surface area contributed by atoms with Gasteiger partial charge in [-0.15, -0.1) is 24.8 Å². The number of hydrogen-bond acceptors (Lipinski definition) is 4. The van der Waals surface area contributed by atoms with Crippen molar-refractivity contribution in [3.05, 3.63) is 0 Å². The summed E-state index contributed by atoms with van der Waals surface area (Å²) in [7, 11) is 0. The largest absolute Gasteiger partial charge is 0.380 e. The van der Waals surface area contributed by atoms with Crippen LogP contribution in [0.5, 0.6) is 0 Å². The molecule has 1 N–H and O–H groups in total. The van der Waals surface area contributed by atoms with Crippen LogP contribution < -0.4 is 5.32 Å². The molecule has 2 heterocycles. The molecule has 0 saturated carbocycles. The number of nitrogens with one attached hydrogen (secondary N) is 1. The Hall–Kier alpha value is -0.0700. The third-order valence-electron chi connectivity index (χ3n) is 3.85. The summed E-state index contributed by atoms with van der Waals surface area (Å²) in [5.74, 6) is 0.574. The van der Waals surface area contributed by atoms with Gasteiger partial charge in [-0.2, -0.15) is 0 Å². The van der Waals surface area contributed by atoms with E-state index >= 15 is 0 Å². The fourth-order valence-electron chi connectivity index (χ4n) is 2.65. The minimum Gasteiger partial charge on any atom is -0.380 e. The molecule has 2 saturated heterocycles. The predicted octanol–water partition coefficient (Wildman–Crippen LogP) is 0.620. The SMILES string of the molecule is CCOCCN1CCN(C(=O)C2CCNC2)CC1.Cl.Cl. The van der Waals surface area contributed by atoms with Crippen molar-refractivity contribution >= 4 is 30.7 Å². The number of halogens is 2. The molecule has 1 unspecified atom stereocenters. The van der Waals surface area contributed by atoms with Crippen LogP contribution in [0.3, 0.4) is 0 Å². The minimum atomic E-state index is 0. The highest BCUT2D eigenvalue weighted by molar-refractivity contribution is 5.85. The first-order valence-electron chi connectivity index (χ1n) is 7.11. The Morgan fingerprint density at radius 1 is 1.25 bits per heavy atom. The second-order valence-electron chi connectivity index (χ2n) is 5.05. The highest BCUT2D eigenvalue weighted by Gasteiger charge is 2.29. The molecule has 120 valence electrons. The van der Waals surface area contributed by atoms with Gasteiger partial charge in [0.15, 0.2) is 0 Å². The van der Waals surface area contributed by atoms with E-state index in [9.17, 15) is 4.79 Å². The zero-order chi connectivity index (χ0) is 12.8. The van der Waals surface area contributed by atoms with E-state index in [1.807, 2.05) is 11.8 Å². The zero-order valence-corrected chi connectivity index (χ0v) is 13.8. The molecule has 5 nitrogen and oxygen atoms in total. The van der Waals surface area contributed by atoms with Crippen molar-refractivity contribution in [2.24, 2.45) is 5.92 Å². The van der Waals surface area contributed by atoms with Gasteiger partial charge in [0, 0.05) is 45.9 Å². The predicted molar refractivity (Wildman–Crippen MR) is 85.0 cm³/mol. The fourth-order valence-corrected chi connectivity index (χ4v) is 2.65. The maximum atomic E-state index is 12.2. The number of rotatable bonds is 5. The molecule has 2 aliphatic rings. The monoisotopic (exact) mass is 327 g/mol. The van der Waals surface area contributed by atoms with Crippen LogP contribution in [0.4, 0.5) is 0 Å². The number of carbonyl (C=O) groups is 1. The molecule has 1 amide bonds. The number of carbonyl (C=O) groups excluding carboxylic acids is 1. The molecule has 0 radical (unpaired) electrons. The van der Waals surface area contributed by atoms with E-state index in [4.69, 9.17) is 4.74 Å². The lowest BCUT2D eigenvalue weighted by Crippen LogP contribution is -2.51. The normalized spacial score (nSPS) is 23.1. The molecule has 0 aliphatic carbocycles. The highest BCUT2D eigenvalue weighted by atomic mass is 35.5.